The van der Waals surface area contributed by atoms with Crippen molar-refractivity contribution < 1.29 is 9.90 Å². The van der Waals surface area contributed by atoms with Crippen LogP contribution in [-0.2, 0) is 10.5 Å². The van der Waals surface area contributed by atoms with E-state index in [9.17, 15) is 4.79 Å². The zero-order valence-electron chi connectivity index (χ0n) is 9.36. The van der Waals surface area contributed by atoms with Crippen LogP contribution in [0.4, 0.5) is 0 Å². The lowest BCUT2D eigenvalue weighted by molar-refractivity contribution is -0.138. The van der Waals surface area contributed by atoms with Gasteiger partial charge in [0.2, 0.25) is 0 Å². The third-order valence-corrected chi connectivity index (χ3v) is 4.71. The van der Waals surface area contributed by atoms with Gasteiger partial charge in [-0.1, -0.05) is 0 Å². The van der Waals surface area contributed by atoms with Crippen LogP contribution in [0.5, 0.6) is 0 Å². The predicted octanol–water partition coefficient (Wildman–Crippen LogP) is 3.33. The zero-order valence-corrected chi connectivity index (χ0v) is 11.8. The fraction of sp³-hybridized carbons (Fsp3) is 0.500. The first kappa shape index (κ1) is 12.9. The molecule has 0 aromatic carbocycles. The fourth-order valence-corrected chi connectivity index (χ4v) is 3.52. The number of pyridine rings is 1. The summed E-state index contributed by atoms with van der Waals surface area (Å²) in [7, 11) is 0. The summed E-state index contributed by atoms with van der Waals surface area (Å²) >= 11 is 5.19. The Balaban J connectivity index is 1.78. The summed E-state index contributed by atoms with van der Waals surface area (Å²) in [5, 5.41) is 8.82. The molecule has 1 fully saturated rings. The molecule has 0 amide bonds. The third kappa shape index (κ3) is 4.00. The second-order valence-corrected chi connectivity index (χ2v) is 6.48. The summed E-state index contributed by atoms with van der Waals surface area (Å²) in [4.78, 5) is 14.8. The highest BCUT2D eigenvalue weighted by atomic mass is 79.9. The van der Waals surface area contributed by atoms with Crippen LogP contribution in [0.2, 0.25) is 0 Å². The van der Waals surface area contributed by atoms with Crippen LogP contribution in [0.1, 0.15) is 24.8 Å². The van der Waals surface area contributed by atoms with Crippen molar-refractivity contribution in [3.8, 4) is 0 Å². The molecule has 0 unspecified atom stereocenters. The maximum atomic E-state index is 10.7. The molecule has 1 aromatic heterocycles. The van der Waals surface area contributed by atoms with E-state index >= 15 is 0 Å². The Labute approximate surface area is 113 Å². The zero-order chi connectivity index (χ0) is 12.3. The molecule has 0 bridgehead atoms. The van der Waals surface area contributed by atoms with E-state index in [0.717, 1.165) is 28.8 Å². The normalized spacial score (nSPS) is 16.8. The average Bonchev–Trinajstić information content (AvgIpc) is 2.97. The Morgan fingerprint density at radius 3 is 2.88 bits per heavy atom. The first-order valence-electron chi connectivity index (χ1n) is 5.49. The molecule has 0 saturated heterocycles. The number of rotatable bonds is 6. The summed E-state index contributed by atoms with van der Waals surface area (Å²) < 4.78 is 0.988. The molecule has 5 heteroatoms. The van der Waals surface area contributed by atoms with Crippen LogP contribution in [0.25, 0.3) is 0 Å². The Bertz CT molecular complexity index is 421. The minimum atomic E-state index is -0.674. The van der Waals surface area contributed by atoms with Crippen LogP contribution < -0.4 is 0 Å². The van der Waals surface area contributed by atoms with Gasteiger partial charge in [-0.15, -0.1) is 0 Å². The van der Waals surface area contributed by atoms with E-state index in [4.69, 9.17) is 5.11 Å². The number of carbonyl (C=O) groups is 1. The van der Waals surface area contributed by atoms with Gasteiger partial charge < -0.3 is 5.11 Å². The number of halogens is 1. The van der Waals surface area contributed by atoms with Crippen molar-refractivity contribution in [1.82, 2.24) is 4.98 Å². The summed E-state index contributed by atoms with van der Waals surface area (Å²) in [6.45, 7) is 0. The number of hydrogen-bond donors (Lipinski definition) is 1. The van der Waals surface area contributed by atoms with Gasteiger partial charge in [-0.05, 0) is 51.6 Å². The SMILES string of the molecule is O=C(O)CC1(CSCc2cncc(Br)c2)CC1. The molecule has 0 spiro atoms. The van der Waals surface area contributed by atoms with Crippen LogP contribution in [0, 0.1) is 5.41 Å². The number of nitrogens with zero attached hydrogens (tertiary/aromatic N) is 1. The molecule has 2 rings (SSSR count). The molecule has 1 aromatic rings. The Morgan fingerprint density at radius 1 is 1.53 bits per heavy atom. The summed E-state index contributed by atoms with van der Waals surface area (Å²) in [6, 6.07) is 2.05. The van der Waals surface area contributed by atoms with Gasteiger partial charge in [-0.3, -0.25) is 9.78 Å². The number of hydrogen-bond acceptors (Lipinski definition) is 3. The van der Waals surface area contributed by atoms with Crippen molar-refractivity contribution in [3.63, 3.8) is 0 Å². The second kappa shape index (κ2) is 5.40. The Hall–Kier alpha value is -0.550. The summed E-state index contributed by atoms with van der Waals surface area (Å²) in [6.07, 6.45) is 6.05. The minimum Gasteiger partial charge on any atom is -0.481 e. The van der Waals surface area contributed by atoms with Crippen molar-refractivity contribution >= 4 is 33.7 Å². The van der Waals surface area contributed by atoms with Crippen LogP contribution >= 0.6 is 27.7 Å². The first-order chi connectivity index (χ1) is 8.10. The number of aliphatic carboxylic acids is 1. The highest BCUT2D eigenvalue weighted by Gasteiger charge is 2.43. The van der Waals surface area contributed by atoms with Crippen molar-refractivity contribution in [3.05, 3.63) is 28.5 Å². The van der Waals surface area contributed by atoms with Crippen LogP contribution in [0.3, 0.4) is 0 Å². The fourth-order valence-electron chi connectivity index (χ4n) is 1.79. The van der Waals surface area contributed by atoms with E-state index in [0.29, 0.717) is 6.42 Å². The van der Waals surface area contributed by atoms with Gasteiger partial charge in [0.25, 0.3) is 0 Å². The number of aromatic nitrogens is 1. The molecule has 0 atom stereocenters. The number of carboxylic acids is 1. The highest BCUT2D eigenvalue weighted by molar-refractivity contribution is 9.10. The summed E-state index contributed by atoms with van der Waals surface area (Å²) in [5.41, 5.74) is 1.26. The maximum absolute atomic E-state index is 10.7. The van der Waals surface area contributed by atoms with E-state index in [2.05, 4.69) is 27.0 Å². The molecule has 0 radical (unpaired) electrons. The van der Waals surface area contributed by atoms with Crippen molar-refractivity contribution in [2.75, 3.05) is 5.75 Å². The standard InChI is InChI=1S/C12H14BrNO2S/c13-10-3-9(5-14-6-10)7-17-8-12(1-2-12)4-11(15)16/h3,5-6H,1-2,4,7-8H2,(H,15,16). The lowest BCUT2D eigenvalue weighted by Gasteiger charge is -2.11. The van der Waals surface area contributed by atoms with E-state index < -0.39 is 5.97 Å². The molecule has 0 aliphatic heterocycles. The monoisotopic (exact) mass is 315 g/mol. The summed E-state index contributed by atoms with van der Waals surface area (Å²) in [5.74, 6) is 1.16. The smallest absolute Gasteiger partial charge is 0.303 e. The lowest BCUT2D eigenvalue weighted by atomic mass is 10.1. The van der Waals surface area contributed by atoms with Gasteiger partial charge in [0.05, 0.1) is 6.42 Å². The van der Waals surface area contributed by atoms with Crippen LogP contribution in [-0.4, -0.2) is 21.8 Å². The van der Waals surface area contributed by atoms with E-state index in [1.807, 2.05) is 6.20 Å². The molecular formula is C12H14BrNO2S. The van der Waals surface area contributed by atoms with E-state index in [1.54, 1.807) is 18.0 Å². The second-order valence-electron chi connectivity index (χ2n) is 4.57. The third-order valence-electron chi connectivity index (χ3n) is 2.92. The van der Waals surface area contributed by atoms with Crippen molar-refractivity contribution in [2.45, 2.75) is 25.0 Å². The average molecular weight is 316 g/mol. The predicted molar refractivity (Wildman–Crippen MR) is 72.0 cm³/mol. The molecule has 3 nitrogen and oxygen atoms in total. The molecule has 1 aliphatic rings. The van der Waals surface area contributed by atoms with Gasteiger partial charge >= 0.3 is 5.97 Å². The largest absolute Gasteiger partial charge is 0.481 e. The van der Waals surface area contributed by atoms with Crippen molar-refractivity contribution in [2.24, 2.45) is 5.41 Å². The highest BCUT2D eigenvalue weighted by Crippen LogP contribution is 2.51. The lowest BCUT2D eigenvalue weighted by Crippen LogP contribution is -2.11. The minimum absolute atomic E-state index is 0.0793. The molecule has 1 saturated carbocycles. The van der Waals surface area contributed by atoms with Gasteiger partial charge in [0, 0.05) is 22.6 Å². The Kier molecular flexibility index (Phi) is 4.09. The van der Waals surface area contributed by atoms with Gasteiger partial charge in [-0.2, -0.15) is 11.8 Å². The van der Waals surface area contributed by atoms with E-state index in [1.165, 1.54) is 5.56 Å². The molecule has 1 N–H and O–H groups in total. The molecule has 17 heavy (non-hydrogen) atoms. The maximum Gasteiger partial charge on any atom is 0.303 e. The van der Waals surface area contributed by atoms with Crippen molar-refractivity contribution in [1.29, 1.82) is 0 Å². The molecule has 1 aliphatic carbocycles. The Morgan fingerprint density at radius 2 is 2.29 bits per heavy atom. The number of thioether (sulfide) groups is 1. The quantitative estimate of drug-likeness (QED) is 0.874. The van der Waals surface area contributed by atoms with Crippen LogP contribution in [0.15, 0.2) is 22.9 Å². The topological polar surface area (TPSA) is 50.2 Å². The molecule has 1 heterocycles. The van der Waals surface area contributed by atoms with Gasteiger partial charge in [0.15, 0.2) is 0 Å². The number of carboxylic acid groups (broad SMARTS) is 1. The van der Waals surface area contributed by atoms with Gasteiger partial charge in [0.1, 0.15) is 0 Å². The van der Waals surface area contributed by atoms with Gasteiger partial charge in [-0.25, -0.2) is 0 Å². The van der Waals surface area contributed by atoms with E-state index in [-0.39, 0.29) is 5.41 Å². The first-order valence-corrected chi connectivity index (χ1v) is 7.43. The molecular weight excluding hydrogens is 302 g/mol. The molecule has 92 valence electrons.